The first-order valence-electron chi connectivity index (χ1n) is 4.97. The molecule has 5 nitrogen and oxygen atoms in total. The summed E-state index contributed by atoms with van der Waals surface area (Å²) in [5.74, 6) is -1.08. The number of hydrogen-bond acceptors (Lipinski definition) is 2. The van der Waals surface area contributed by atoms with E-state index < -0.39 is 18.0 Å². The van der Waals surface area contributed by atoms with Crippen LogP contribution in [0.5, 0.6) is 0 Å². The van der Waals surface area contributed by atoms with Gasteiger partial charge in [0.2, 0.25) is 0 Å². The van der Waals surface area contributed by atoms with Gasteiger partial charge in [-0.15, -0.1) is 0 Å². The second-order valence-electron chi connectivity index (χ2n) is 3.57. The molecule has 0 aliphatic rings. The number of rotatable bonds is 3. The summed E-state index contributed by atoms with van der Waals surface area (Å²) in [6, 6.07) is 3.92. The Morgan fingerprint density at radius 3 is 2.65 bits per heavy atom. The van der Waals surface area contributed by atoms with Crippen LogP contribution in [0.2, 0.25) is 0 Å². The summed E-state index contributed by atoms with van der Waals surface area (Å²) in [5.41, 5.74) is 1.51. The maximum Gasteiger partial charge on any atom is 0.325 e. The highest BCUT2D eigenvalue weighted by atomic mass is 79.9. The van der Waals surface area contributed by atoms with Crippen LogP contribution in [0.15, 0.2) is 22.7 Å². The largest absolute Gasteiger partial charge is 0.480 e. The Labute approximate surface area is 107 Å². The van der Waals surface area contributed by atoms with Gasteiger partial charge in [0.1, 0.15) is 6.04 Å². The molecule has 92 valence electrons. The zero-order valence-electron chi connectivity index (χ0n) is 9.45. The van der Waals surface area contributed by atoms with E-state index in [-0.39, 0.29) is 0 Å². The maximum absolute atomic E-state index is 11.5. The second kappa shape index (κ2) is 5.67. The first-order valence-corrected chi connectivity index (χ1v) is 5.76. The van der Waals surface area contributed by atoms with Gasteiger partial charge in [-0.2, -0.15) is 0 Å². The van der Waals surface area contributed by atoms with E-state index in [9.17, 15) is 9.59 Å². The highest BCUT2D eigenvalue weighted by Gasteiger charge is 2.14. The van der Waals surface area contributed by atoms with Crippen molar-refractivity contribution in [3.63, 3.8) is 0 Å². The van der Waals surface area contributed by atoms with Gasteiger partial charge in [-0.1, -0.05) is 22.0 Å². The average molecular weight is 301 g/mol. The number of hydrogen-bond donors (Lipinski definition) is 3. The molecule has 6 heteroatoms. The predicted octanol–water partition coefficient (Wildman–Crippen LogP) is 2.35. The van der Waals surface area contributed by atoms with E-state index in [2.05, 4.69) is 26.6 Å². The number of urea groups is 1. The van der Waals surface area contributed by atoms with Crippen LogP contribution in [-0.4, -0.2) is 23.1 Å². The minimum Gasteiger partial charge on any atom is -0.480 e. The summed E-state index contributed by atoms with van der Waals surface area (Å²) >= 11 is 3.34. The third kappa shape index (κ3) is 3.74. The van der Waals surface area contributed by atoms with Crippen LogP contribution in [0.1, 0.15) is 12.5 Å². The van der Waals surface area contributed by atoms with Crippen molar-refractivity contribution >= 4 is 33.6 Å². The van der Waals surface area contributed by atoms with E-state index in [1.165, 1.54) is 6.92 Å². The zero-order valence-corrected chi connectivity index (χ0v) is 11.0. The number of carbonyl (C=O) groups excluding carboxylic acids is 1. The summed E-state index contributed by atoms with van der Waals surface area (Å²) < 4.78 is 0.876. The van der Waals surface area contributed by atoms with Gasteiger partial charge in [-0.05, 0) is 31.5 Å². The summed E-state index contributed by atoms with van der Waals surface area (Å²) in [5, 5.41) is 13.5. The third-order valence-electron chi connectivity index (χ3n) is 2.23. The molecule has 0 aromatic heterocycles. The van der Waals surface area contributed by atoms with Crippen molar-refractivity contribution in [3.8, 4) is 0 Å². The predicted molar refractivity (Wildman–Crippen MR) is 68.1 cm³/mol. The van der Waals surface area contributed by atoms with Crippen LogP contribution in [0.25, 0.3) is 0 Å². The van der Waals surface area contributed by atoms with Crippen LogP contribution in [0, 0.1) is 6.92 Å². The Balaban J connectivity index is 2.69. The van der Waals surface area contributed by atoms with Gasteiger partial charge in [0.05, 0.1) is 0 Å². The van der Waals surface area contributed by atoms with Gasteiger partial charge in [0.25, 0.3) is 0 Å². The first kappa shape index (κ1) is 13.5. The molecule has 0 saturated heterocycles. The van der Waals surface area contributed by atoms with Gasteiger partial charge < -0.3 is 15.7 Å². The lowest BCUT2D eigenvalue weighted by Crippen LogP contribution is -2.40. The van der Waals surface area contributed by atoms with E-state index in [1.54, 1.807) is 12.1 Å². The van der Waals surface area contributed by atoms with Crippen LogP contribution in [-0.2, 0) is 4.79 Å². The van der Waals surface area contributed by atoms with Crippen molar-refractivity contribution in [2.24, 2.45) is 0 Å². The standard InChI is InChI=1S/C11H13BrN2O3/c1-6-8(12)4-3-5-9(6)14-11(17)13-7(2)10(15)16/h3-5,7H,1-2H3,(H,15,16)(H2,13,14,17)/t7-/m1/s1. The molecule has 0 unspecified atom stereocenters. The fourth-order valence-electron chi connectivity index (χ4n) is 1.16. The molecule has 0 aliphatic carbocycles. The molecule has 17 heavy (non-hydrogen) atoms. The molecule has 1 atom stereocenters. The van der Waals surface area contributed by atoms with E-state index >= 15 is 0 Å². The molecule has 1 aromatic carbocycles. The first-order chi connectivity index (χ1) is 7.91. The number of nitrogens with one attached hydrogen (secondary N) is 2. The van der Waals surface area contributed by atoms with Crippen molar-refractivity contribution in [2.45, 2.75) is 19.9 Å². The lowest BCUT2D eigenvalue weighted by molar-refractivity contribution is -0.138. The normalized spacial score (nSPS) is 11.7. The van der Waals surface area contributed by atoms with Gasteiger partial charge in [-0.3, -0.25) is 4.79 Å². The minimum atomic E-state index is -1.08. The summed E-state index contributed by atoms with van der Waals surface area (Å²) in [7, 11) is 0. The van der Waals surface area contributed by atoms with E-state index in [0.717, 1.165) is 10.0 Å². The smallest absolute Gasteiger partial charge is 0.325 e. The number of anilines is 1. The van der Waals surface area contributed by atoms with Gasteiger partial charge >= 0.3 is 12.0 Å². The number of benzene rings is 1. The highest BCUT2D eigenvalue weighted by Crippen LogP contribution is 2.23. The quantitative estimate of drug-likeness (QED) is 0.802. The van der Waals surface area contributed by atoms with Crippen molar-refractivity contribution in [1.82, 2.24) is 5.32 Å². The van der Waals surface area contributed by atoms with E-state index in [0.29, 0.717) is 5.69 Å². The van der Waals surface area contributed by atoms with Gasteiger partial charge in [0.15, 0.2) is 0 Å². The molecule has 3 N–H and O–H groups in total. The lowest BCUT2D eigenvalue weighted by atomic mass is 10.2. The Morgan fingerprint density at radius 2 is 2.06 bits per heavy atom. The zero-order chi connectivity index (χ0) is 13.0. The molecular weight excluding hydrogens is 288 g/mol. The minimum absolute atomic E-state index is 0.541. The lowest BCUT2D eigenvalue weighted by Gasteiger charge is -2.12. The number of carboxylic acid groups (broad SMARTS) is 1. The number of carboxylic acids is 1. The summed E-state index contributed by atoms with van der Waals surface area (Å²) in [6.07, 6.45) is 0. The molecule has 0 aliphatic heterocycles. The second-order valence-corrected chi connectivity index (χ2v) is 4.43. The van der Waals surface area contributed by atoms with Crippen molar-refractivity contribution < 1.29 is 14.7 Å². The van der Waals surface area contributed by atoms with Crippen LogP contribution >= 0.6 is 15.9 Å². The molecular formula is C11H13BrN2O3. The average Bonchev–Trinajstić information content (AvgIpc) is 2.24. The highest BCUT2D eigenvalue weighted by molar-refractivity contribution is 9.10. The topological polar surface area (TPSA) is 78.4 Å². The summed E-state index contributed by atoms with van der Waals surface area (Å²) in [6.45, 7) is 3.25. The molecule has 0 heterocycles. The molecule has 2 amide bonds. The number of aliphatic carboxylic acids is 1. The fraction of sp³-hybridized carbons (Fsp3) is 0.273. The Kier molecular flexibility index (Phi) is 4.51. The van der Waals surface area contributed by atoms with Gasteiger partial charge in [-0.25, -0.2) is 4.79 Å². The fourth-order valence-corrected chi connectivity index (χ4v) is 1.53. The van der Waals surface area contributed by atoms with E-state index in [1.807, 2.05) is 13.0 Å². The Bertz CT molecular complexity index is 448. The van der Waals surface area contributed by atoms with Crippen molar-refractivity contribution in [3.05, 3.63) is 28.2 Å². The summed E-state index contributed by atoms with van der Waals surface area (Å²) in [4.78, 5) is 22.0. The van der Waals surface area contributed by atoms with E-state index in [4.69, 9.17) is 5.11 Å². The number of carbonyl (C=O) groups is 2. The number of amides is 2. The Hall–Kier alpha value is -1.56. The maximum atomic E-state index is 11.5. The molecule has 1 aromatic rings. The molecule has 0 bridgehead atoms. The van der Waals surface area contributed by atoms with Crippen LogP contribution in [0.3, 0.4) is 0 Å². The molecule has 0 spiro atoms. The SMILES string of the molecule is Cc1c(Br)cccc1NC(=O)N[C@H](C)C(=O)O. The molecule has 0 saturated carbocycles. The van der Waals surface area contributed by atoms with Crippen molar-refractivity contribution in [2.75, 3.05) is 5.32 Å². The monoisotopic (exact) mass is 300 g/mol. The van der Waals surface area contributed by atoms with Crippen molar-refractivity contribution in [1.29, 1.82) is 0 Å². The molecule has 0 radical (unpaired) electrons. The number of halogens is 1. The Morgan fingerprint density at radius 1 is 1.41 bits per heavy atom. The third-order valence-corrected chi connectivity index (χ3v) is 3.09. The molecule has 0 fully saturated rings. The van der Waals surface area contributed by atoms with Crippen LogP contribution in [0.4, 0.5) is 10.5 Å². The van der Waals surface area contributed by atoms with Gasteiger partial charge in [0, 0.05) is 10.2 Å². The molecule has 1 rings (SSSR count). The van der Waals surface area contributed by atoms with Crippen LogP contribution < -0.4 is 10.6 Å².